The summed E-state index contributed by atoms with van der Waals surface area (Å²) in [4.78, 5) is 21.2. The molecule has 1 amide bonds. The molecule has 0 fully saturated rings. The summed E-state index contributed by atoms with van der Waals surface area (Å²) in [6.45, 7) is 1.76. The minimum Gasteiger partial charge on any atom is -0.307 e. The molecule has 128 valence electrons. The summed E-state index contributed by atoms with van der Waals surface area (Å²) in [6.07, 6.45) is 1.67. The Kier molecular flexibility index (Phi) is 4.18. The monoisotopic (exact) mass is 363 g/mol. The highest BCUT2D eigenvalue weighted by Crippen LogP contribution is 2.29. The lowest BCUT2D eigenvalue weighted by molar-refractivity contribution is 0.102. The Morgan fingerprint density at radius 1 is 1.12 bits per heavy atom. The zero-order valence-corrected chi connectivity index (χ0v) is 14.7. The smallest absolute Gasteiger partial charge is 0.257 e. The molecule has 6 heteroatoms. The first-order valence-electron chi connectivity index (χ1n) is 8.00. The van der Waals surface area contributed by atoms with Gasteiger partial charge in [0, 0.05) is 17.3 Å². The second-order valence-corrected chi connectivity index (χ2v) is 6.86. The Balaban J connectivity index is 1.56. The van der Waals surface area contributed by atoms with Crippen LogP contribution in [-0.2, 0) is 0 Å². The maximum Gasteiger partial charge on any atom is 0.257 e. The molecule has 0 spiro atoms. The van der Waals surface area contributed by atoms with Crippen molar-refractivity contribution in [1.29, 1.82) is 0 Å². The lowest BCUT2D eigenvalue weighted by atomic mass is 10.1. The number of carbonyl (C=O) groups excluding carboxylic acids is 1. The summed E-state index contributed by atoms with van der Waals surface area (Å²) in [5, 5.41) is 3.57. The normalized spacial score (nSPS) is 10.8. The van der Waals surface area contributed by atoms with Crippen molar-refractivity contribution in [3.63, 3.8) is 0 Å². The molecule has 2 aromatic heterocycles. The fourth-order valence-electron chi connectivity index (χ4n) is 2.61. The van der Waals surface area contributed by atoms with E-state index < -0.39 is 5.82 Å². The van der Waals surface area contributed by atoms with E-state index >= 15 is 0 Å². The fourth-order valence-corrected chi connectivity index (χ4v) is 3.57. The van der Waals surface area contributed by atoms with Gasteiger partial charge in [-0.15, -0.1) is 11.3 Å². The number of pyridine rings is 1. The number of hydrogen-bond acceptors (Lipinski definition) is 4. The van der Waals surface area contributed by atoms with Gasteiger partial charge in [-0.05, 0) is 48.9 Å². The topological polar surface area (TPSA) is 54.9 Å². The van der Waals surface area contributed by atoms with Crippen LogP contribution in [-0.4, -0.2) is 15.9 Å². The average Bonchev–Trinajstić information content (AvgIpc) is 3.08. The Morgan fingerprint density at radius 3 is 2.73 bits per heavy atom. The van der Waals surface area contributed by atoms with E-state index in [0.29, 0.717) is 16.9 Å². The predicted molar refractivity (Wildman–Crippen MR) is 102 cm³/mol. The van der Waals surface area contributed by atoms with Gasteiger partial charge in [-0.1, -0.05) is 18.2 Å². The number of rotatable bonds is 3. The van der Waals surface area contributed by atoms with E-state index in [1.807, 2.05) is 30.3 Å². The van der Waals surface area contributed by atoms with Crippen LogP contribution in [0.2, 0.25) is 0 Å². The molecule has 4 aromatic rings. The van der Waals surface area contributed by atoms with Gasteiger partial charge in [0.15, 0.2) is 0 Å². The third kappa shape index (κ3) is 3.19. The van der Waals surface area contributed by atoms with E-state index in [9.17, 15) is 9.18 Å². The maximum atomic E-state index is 13.4. The Labute approximate surface area is 153 Å². The van der Waals surface area contributed by atoms with Crippen molar-refractivity contribution < 1.29 is 9.18 Å². The van der Waals surface area contributed by atoms with Crippen molar-refractivity contribution in [2.45, 2.75) is 6.92 Å². The van der Waals surface area contributed by atoms with E-state index in [-0.39, 0.29) is 5.91 Å². The van der Waals surface area contributed by atoms with Crippen molar-refractivity contribution in [1.82, 2.24) is 9.97 Å². The van der Waals surface area contributed by atoms with Crippen molar-refractivity contribution >= 4 is 33.3 Å². The van der Waals surface area contributed by atoms with Crippen molar-refractivity contribution in [3.05, 3.63) is 77.7 Å². The lowest BCUT2D eigenvalue weighted by Crippen LogP contribution is -2.14. The molecule has 0 atom stereocenters. The number of fused-ring (bicyclic) bond motifs is 1. The van der Waals surface area contributed by atoms with E-state index in [4.69, 9.17) is 0 Å². The molecule has 1 N–H and O–H groups in total. The largest absolute Gasteiger partial charge is 0.307 e. The van der Waals surface area contributed by atoms with Gasteiger partial charge in [0.25, 0.3) is 5.91 Å². The van der Waals surface area contributed by atoms with Gasteiger partial charge in [0.1, 0.15) is 16.6 Å². The summed E-state index contributed by atoms with van der Waals surface area (Å²) in [5.41, 5.74) is 2.83. The Bertz CT molecular complexity index is 1070. The molecule has 2 aromatic carbocycles. The zero-order valence-electron chi connectivity index (χ0n) is 13.9. The SMILES string of the molecule is Cc1ccc(F)cc1C(=O)Nc1ccc(-c2nc3ccccc3s2)cn1. The minimum absolute atomic E-state index is 0.294. The quantitative estimate of drug-likeness (QED) is 0.554. The Hall–Kier alpha value is -3.12. The number of thiazole rings is 1. The first kappa shape index (κ1) is 16.4. The fraction of sp³-hybridized carbons (Fsp3) is 0.0500. The maximum absolute atomic E-state index is 13.4. The third-order valence-corrected chi connectivity index (χ3v) is 5.08. The standard InChI is InChI=1S/C20H14FN3OS/c1-12-6-8-14(21)10-15(12)19(25)24-18-9-7-13(11-22-18)20-23-16-4-2-3-5-17(16)26-20/h2-11H,1H3,(H,22,24,25). The van der Waals surface area contributed by atoms with Crippen LogP contribution in [0.15, 0.2) is 60.8 Å². The molecule has 2 heterocycles. The molecule has 0 radical (unpaired) electrons. The van der Waals surface area contributed by atoms with Crippen LogP contribution in [0.1, 0.15) is 15.9 Å². The van der Waals surface area contributed by atoms with Gasteiger partial charge < -0.3 is 5.32 Å². The van der Waals surface area contributed by atoms with E-state index in [2.05, 4.69) is 15.3 Å². The number of nitrogens with one attached hydrogen (secondary N) is 1. The van der Waals surface area contributed by atoms with Crippen LogP contribution in [0, 0.1) is 12.7 Å². The lowest BCUT2D eigenvalue weighted by Gasteiger charge is -2.07. The molecule has 0 aliphatic rings. The molecular formula is C20H14FN3OS. The molecule has 0 unspecified atom stereocenters. The first-order valence-corrected chi connectivity index (χ1v) is 8.81. The van der Waals surface area contributed by atoms with E-state index in [1.165, 1.54) is 12.1 Å². The van der Waals surface area contributed by atoms with Gasteiger partial charge >= 0.3 is 0 Å². The van der Waals surface area contributed by atoms with Gasteiger partial charge in [-0.3, -0.25) is 4.79 Å². The number of anilines is 1. The summed E-state index contributed by atoms with van der Waals surface area (Å²) < 4.78 is 14.5. The second kappa shape index (κ2) is 6.65. The number of aromatic nitrogens is 2. The number of para-hydroxylation sites is 1. The van der Waals surface area contributed by atoms with Gasteiger partial charge in [-0.25, -0.2) is 14.4 Å². The van der Waals surface area contributed by atoms with Gasteiger partial charge in [0.2, 0.25) is 0 Å². The third-order valence-electron chi connectivity index (χ3n) is 3.99. The second-order valence-electron chi connectivity index (χ2n) is 5.83. The number of aryl methyl sites for hydroxylation is 1. The summed E-state index contributed by atoms with van der Waals surface area (Å²) >= 11 is 1.59. The van der Waals surface area contributed by atoms with Crippen LogP contribution in [0.4, 0.5) is 10.2 Å². The first-order chi connectivity index (χ1) is 12.6. The van der Waals surface area contributed by atoms with Crippen molar-refractivity contribution in [3.8, 4) is 10.6 Å². The molecule has 0 bridgehead atoms. The van der Waals surface area contributed by atoms with E-state index in [0.717, 1.165) is 20.8 Å². The molecule has 0 saturated carbocycles. The highest BCUT2D eigenvalue weighted by molar-refractivity contribution is 7.21. The summed E-state index contributed by atoms with van der Waals surface area (Å²) in [6, 6.07) is 15.6. The number of hydrogen-bond donors (Lipinski definition) is 1. The van der Waals surface area contributed by atoms with Crippen molar-refractivity contribution in [2.75, 3.05) is 5.32 Å². The van der Waals surface area contributed by atoms with E-state index in [1.54, 1.807) is 36.6 Å². The van der Waals surface area contributed by atoms with Crippen LogP contribution in [0.3, 0.4) is 0 Å². The van der Waals surface area contributed by atoms with Crippen LogP contribution >= 0.6 is 11.3 Å². The number of nitrogens with zero attached hydrogens (tertiary/aromatic N) is 2. The minimum atomic E-state index is -0.445. The highest BCUT2D eigenvalue weighted by atomic mass is 32.1. The number of benzene rings is 2. The van der Waals surface area contributed by atoms with Crippen LogP contribution in [0.5, 0.6) is 0 Å². The summed E-state index contributed by atoms with van der Waals surface area (Å²) in [5.74, 6) is -0.425. The number of carbonyl (C=O) groups is 1. The molecule has 0 saturated heterocycles. The molecule has 0 aliphatic carbocycles. The predicted octanol–water partition coefficient (Wildman–Crippen LogP) is 5.06. The van der Waals surface area contributed by atoms with Gasteiger partial charge in [-0.2, -0.15) is 0 Å². The Morgan fingerprint density at radius 2 is 1.96 bits per heavy atom. The van der Waals surface area contributed by atoms with Crippen LogP contribution < -0.4 is 5.32 Å². The number of amides is 1. The molecule has 4 nitrogen and oxygen atoms in total. The zero-order chi connectivity index (χ0) is 18.1. The van der Waals surface area contributed by atoms with Gasteiger partial charge in [0.05, 0.1) is 10.2 Å². The highest BCUT2D eigenvalue weighted by Gasteiger charge is 2.12. The van der Waals surface area contributed by atoms with Crippen molar-refractivity contribution in [2.24, 2.45) is 0 Å². The molecule has 26 heavy (non-hydrogen) atoms. The number of halogens is 1. The molecular weight excluding hydrogens is 349 g/mol. The average molecular weight is 363 g/mol. The molecule has 4 rings (SSSR count). The van der Waals surface area contributed by atoms with Crippen LogP contribution in [0.25, 0.3) is 20.8 Å². The summed E-state index contributed by atoms with van der Waals surface area (Å²) in [7, 11) is 0. The molecule has 0 aliphatic heterocycles.